The Morgan fingerprint density at radius 3 is 2.47 bits per heavy atom. The van der Waals surface area contributed by atoms with Crippen molar-refractivity contribution in [2.24, 2.45) is 5.10 Å². The number of hydrogen-bond acceptors (Lipinski definition) is 5. The van der Waals surface area contributed by atoms with Crippen molar-refractivity contribution in [1.82, 2.24) is 5.01 Å². The van der Waals surface area contributed by atoms with Crippen molar-refractivity contribution in [3.63, 3.8) is 0 Å². The molecule has 0 saturated heterocycles. The van der Waals surface area contributed by atoms with Gasteiger partial charge in [0.1, 0.15) is 11.8 Å². The lowest BCUT2D eigenvalue weighted by atomic mass is 10.0. The van der Waals surface area contributed by atoms with E-state index in [1.165, 1.54) is 5.01 Å². The summed E-state index contributed by atoms with van der Waals surface area (Å²) in [4.78, 5) is 13.1. The number of hydrogen-bond donors (Lipinski definition) is 1. The Balaban J connectivity index is 1.63. The number of carbonyl (C=O) groups is 1. The highest BCUT2D eigenvalue weighted by molar-refractivity contribution is 7.92. The second-order valence-electron chi connectivity index (χ2n) is 6.88. The van der Waals surface area contributed by atoms with Gasteiger partial charge in [0, 0.05) is 17.7 Å². The second kappa shape index (κ2) is 8.16. The van der Waals surface area contributed by atoms with Gasteiger partial charge in [-0.05, 0) is 48.9 Å². The molecule has 30 heavy (non-hydrogen) atoms. The molecular weight excluding hydrogens is 402 g/mol. The molecular formula is C22H21N3O4S. The van der Waals surface area contributed by atoms with E-state index in [-0.39, 0.29) is 17.7 Å². The van der Waals surface area contributed by atoms with Gasteiger partial charge < -0.3 is 4.42 Å². The fraction of sp³-hybridized carbons (Fsp3) is 0.182. The average Bonchev–Trinajstić information content (AvgIpc) is 3.44. The Bertz CT molecular complexity index is 1150. The molecule has 0 bridgehead atoms. The SMILES string of the molecule is CCS(=O)(=O)Nc1ccc(C2=NN(C(=O)c3ccccc3)[C@H](c3ccco3)C2)cc1. The molecule has 0 spiro atoms. The third kappa shape index (κ3) is 4.13. The van der Waals surface area contributed by atoms with Crippen molar-refractivity contribution >= 4 is 27.3 Å². The number of amides is 1. The van der Waals surface area contributed by atoms with E-state index in [1.54, 1.807) is 55.7 Å². The lowest BCUT2D eigenvalue weighted by Gasteiger charge is -2.19. The van der Waals surface area contributed by atoms with Crippen molar-refractivity contribution in [2.75, 3.05) is 10.5 Å². The van der Waals surface area contributed by atoms with E-state index in [2.05, 4.69) is 9.82 Å². The predicted molar refractivity (Wildman–Crippen MR) is 115 cm³/mol. The maximum atomic E-state index is 13.1. The number of benzene rings is 2. The number of sulfonamides is 1. The number of furan rings is 1. The van der Waals surface area contributed by atoms with Crippen LogP contribution in [-0.2, 0) is 10.0 Å². The molecule has 154 valence electrons. The smallest absolute Gasteiger partial charge is 0.274 e. The summed E-state index contributed by atoms with van der Waals surface area (Å²) in [5.41, 5.74) is 2.57. The molecule has 1 aliphatic heterocycles. The molecule has 1 atom stereocenters. The summed E-state index contributed by atoms with van der Waals surface area (Å²) in [5.74, 6) is 0.452. The zero-order chi connectivity index (χ0) is 21.1. The Hall–Kier alpha value is -3.39. The third-order valence-corrected chi connectivity index (χ3v) is 6.19. The molecule has 0 saturated carbocycles. The summed E-state index contributed by atoms with van der Waals surface area (Å²) < 4.78 is 31.6. The van der Waals surface area contributed by atoms with Gasteiger partial charge in [0.15, 0.2) is 0 Å². The van der Waals surface area contributed by atoms with E-state index in [1.807, 2.05) is 24.3 Å². The second-order valence-corrected chi connectivity index (χ2v) is 8.89. The van der Waals surface area contributed by atoms with Crippen molar-refractivity contribution in [3.05, 3.63) is 89.9 Å². The first kappa shape index (κ1) is 19.9. The van der Waals surface area contributed by atoms with Gasteiger partial charge in [0.05, 0.1) is 17.7 Å². The molecule has 0 aliphatic carbocycles. The Kier molecular flexibility index (Phi) is 5.41. The molecule has 0 radical (unpaired) electrons. The summed E-state index contributed by atoms with van der Waals surface area (Å²) in [6.45, 7) is 1.58. The van der Waals surface area contributed by atoms with Gasteiger partial charge in [0.25, 0.3) is 5.91 Å². The van der Waals surface area contributed by atoms with Crippen LogP contribution in [0.4, 0.5) is 5.69 Å². The van der Waals surface area contributed by atoms with Crippen LogP contribution in [0.5, 0.6) is 0 Å². The summed E-state index contributed by atoms with van der Waals surface area (Å²) in [6, 6.07) is 19.2. The number of hydrazone groups is 1. The van der Waals surface area contributed by atoms with Gasteiger partial charge in [-0.15, -0.1) is 0 Å². The van der Waals surface area contributed by atoms with Gasteiger partial charge in [-0.1, -0.05) is 30.3 Å². The quantitative estimate of drug-likeness (QED) is 0.648. The lowest BCUT2D eigenvalue weighted by molar-refractivity contribution is 0.0693. The van der Waals surface area contributed by atoms with Crippen LogP contribution in [0.3, 0.4) is 0 Å². The molecule has 1 aromatic heterocycles. The molecule has 4 rings (SSSR count). The maximum Gasteiger partial charge on any atom is 0.274 e. The Labute approximate surface area is 175 Å². The molecule has 3 aromatic rings. The molecule has 2 aromatic carbocycles. The lowest BCUT2D eigenvalue weighted by Crippen LogP contribution is -2.26. The summed E-state index contributed by atoms with van der Waals surface area (Å²) >= 11 is 0. The minimum absolute atomic E-state index is 0.00282. The van der Waals surface area contributed by atoms with Gasteiger partial charge in [-0.3, -0.25) is 9.52 Å². The first-order chi connectivity index (χ1) is 14.5. The fourth-order valence-corrected chi connectivity index (χ4v) is 3.91. The molecule has 1 N–H and O–H groups in total. The third-order valence-electron chi connectivity index (χ3n) is 4.88. The van der Waals surface area contributed by atoms with Crippen LogP contribution >= 0.6 is 0 Å². The zero-order valence-electron chi connectivity index (χ0n) is 16.4. The minimum Gasteiger partial charge on any atom is -0.467 e. The fourth-order valence-electron chi connectivity index (χ4n) is 3.27. The average molecular weight is 423 g/mol. The first-order valence-electron chi connectivity index (χ1n) is 9.57. The molecule has 7 nitrogen and oxygen atoms in total. The highest BCUT2D eigenvalue weighted by atomic mass is 32.2. The zero-order valence-corrected chi connectivity index (χ0v) is 17.2. The monoisotopic (exact) mass is 423 g/mol. The van der Waals surface area contributed by atoms with E-state index >= 15 is 0 Å². The van der Waals surface area contributed by atoms with Crippen LogP contribution in [0.1, 0.15) is 41.1 Å². The summed E-state index contributed by atoms with van der Waals surface area (Å²) in [6.07, 6.45) is 2.07. The van der Waals surface area contributed by atoms with Crippen LogP contribution in [0, 0.1) is 0 Å². The Morgan fingerprint density at radius 2 is 1.83 bits per heavy atom. The highest BCUT2D eigenvalue weighted by Gasteiger charge is 2.35. The summed E-state index contributed by atoms with van der Waals surface area (Å²) in [7, 11) is -3.34. The van der Waals surface area contributed by atoms with Crippen molar-refractivity contribution in [2.45, 2.75) is 19.4 Å². The van der Waals surface area contributed by atoms with E-state index in [4.69, 9.17) is 4.42 Å². The topological polar surface area (TPSA) is 92.0 Å². The van der Waals surface area contributed by atoms with E-state index in [0.29, 0.717) is 23.4 Å². The maximum absolute atomic E-state index is 13.1. The first-order valence-corrected chi connectivity index (χ1v) is 11.2. The van der Waals surface area contributed by atoms with Gasteiger partial charge >= 0.3 is 0 Å². The molecule has 2 heterocycles. The van der Waals surface area contributed by atoms with Gasteiger partial charge in [-0.25, -0.2) is 13.4 Å². The van der Waals surface area contributed by atoms with E-state index < -0.39 is 10.0 Å². The number of nitrogens with zero attached hydrogens (tertiary/aromatic N) is 2. The van der Waals surface area contributed by atoms with E-state index in [0.717, 1.165) is 11.3 Å². The minimum atomic E-state index is -3.34. The van der Waals surface area contributed by atoms with Crippen LogP contribution in [0.2, 0.25) is 0 Å². The van der Waals surface area contributed by atoms with Gasteiger partial charge in [0.2, 0.25) is 10.0 Å². The molecule has 1 aliphatic rings. The van der Waals surface area contributed by atoms with Crippen LogP contribution < -0.4 is 4.72 Å². The van der Waals surface area contributed by atoms with Gasteiger partial charge in [-0.2, -0.15) is 5.10 Å². The van der Waals surface area contributed by atoms with Crippen molar-refractivity contribution in [3.8, 4) is 0 Å². The molecule has 8 heteroatoms. The van der Waals surface area contributed by atoms with Crippen molar-refractivity contribution in [1.29, 1.82) is 0 Å². The normalized spacial score (nSPS) is 16.4. The van der Waals surface area contributed by atoms with E-state index in [9.17, 15) is 13.2 Å². The standard InChI is InChI=1S/C22H21N3O4S/c1-2-30(27,28)24-18-12-10-16(11-13-18)19-15-20(21-9-6-14-29-21)25(23-19)22(26)17-7-4-3-5-8-17/h3-14,20,24H,2,15H2,1H3/t20-/m0/s1. The van der Waals surface area contributed by atoms with Crippen LogP contribution in [-0.4, -0.2) is 30.8 Å². The van der Waals surface area contributed by atoms with Crippen LogP contribution in [0.25, 0.3) is 0 Å². The Morgan fingerprint density at radius 1 is 1.10 bits per heavy atom. The van der Waals surface area contributed by atoms with Crippen molar-refractivity contribution < 1.29 is 17.6 Å². The largest absolute Gasteiger partial charge is 0.467 e. The number of nitrogens with one attached hydrogen (secondary N) is 1. The van der Waals surface area contributed by atoms with Crippen LogP contribution in [0.15, 0.2) is 82.5 Å². The molecule has 0 unspecified atom stereocenters. The number of carbonyl (C=O) groups excluding carboxylic acids is 1. The highest BCUT2D eigenvalue weighted by Crippen LogP contribution is 2.34. The number of anilines is 1. The summed E-state index contributed by atoms with van der Waals surface area (Å²) in [5, 5.41) is 6.05. The molecule has 0 fully saturated rings. The number of rotatable bonds is 6. The predicted octanol–water partition coefficient (Wildman–Crippen LogP) is 4.03. The molecule has 1 amide bonds.